The minimum atomic E-state index is 1.21. The maximum atomic E-state index is 2.29. The Morgan fingerprint density at radius 2 is 0.211 bits per heavy atom. The van der Waals surface area contributed by atoms with Gasteiger partial charge in [0.2, 0.25) is 0 Å². The van der Waals surface area contributed by atoms with Crippen molar-refractivity contribution in [2.24, 2.45) is 0 Å². The van der Waals surface area contributed by atoms with Crippen molar-refractivity contribution >= 4 is 0 Å². The van der Waals surface area contributed by atoms with Gasteiger partial charge in [-0.3, -0.25) is 0 Å². The fourth-order valence-electron chi connectivity index (χ4n) is 12.2. The average Bonchev–Trinajstić information content (AvgIpc) is 1.20. The van der Waals surface area contributed by atoms with E-state index in [-0.39, 0.29) is 0 Å². The molecule has 0 heterocycles. The van der Waals surface area contributed by atoms with E-state index in [1.807, 2.05) is 0 Å². The minimum Gasteiger partial charge on any atom is -0.0654 e. The molecule has 0 aliphatic heterocycles. The van der Waals surface area contributed by atoms with Gasteiger partial charge in [0.05, 0.1) is 0 Å². The molecule has 0 aliphatic rings. The van der Waals surface area contributed by atoms with E-state index >= 15 is 0 Å². The molecule has 2 aromatic carbocycles. The highest BCUT2D eigenvalue weighted by molar-refractivity contribution is 5.23. The van der Waals surface area contributed by atoms with Crippen LogP contribution in [0.2, 0.25) is 0 Å². The van der Waals surface area contributed by atoms with E-state index in [0.717, 1.165) is 0 Å². The van der Waals surface area contributed by atoms with Gasteiger partial charge in [-0.05, 0) is 42.9 Å². The molecule has 0 nitrogen and oxygen atoms in total. The van der Waals surface area contributed by atoms with Gasteiger partial charge in [-0.2, -0.15) is 0 Å². The lowest BCUT2D eigenvalue weighted by atomic mass is 10.1. The lowest BCUT2D eigenvalue weighted by molar-refractivity contribution is 0.542. The molecule has 0 saturated carbocycles. The van der Waals surface area contributed by atoms with Crippen LogP contribution in [0.3, 0.4) is 0 Å². The summed E-state index contributed by atoms with van der Waals surface area (Å²) >= 11 is 0. The van der Waals surface area contributed by atoms with Gasteiger partial charge in [-0.15, -0.1) is 0 Å². The van der Waals surface area contributed by atoms with Crippen LogP contribution < -0.4 is 0 Å². The van der Waals surface area contributed by atoms with Crippen molar-refractivity contribution in [3.8, 4) is 0 Å². The van der Waals surface area contributed by atoms with Gasteiger partial charge < -0.3 is 0 Å². The van der Waals surface area contributed by atoms with Crippen molar-refractivity contribution in [2.45, 2.75) is 635 Å². The monoisotopic (exact) mass is 1540 g/mol. The van der Waals surface area contributed by atoms with Crippen LogP contribution >= 0.6 is 0 Å². The summed E-state index contributed by atoms with van der Waals surface area (Å²) in [5, 5.41) is 0. The first-order chi connectivity index (χ1) is 53.3. The Balaban J connectivity index is -0.000000124. The summed E-state index contributed by atoms with van der Waals surface area (Å²) in [5.74, 6) is 0. The van der Waals surface area contributed by atoms with Gasteiger partial charge in [0, 0.05) is 0 Å². The molecule has 0 atom stereocenters. The number of unbranched alkanes of at least 4 members (excludes halogenated alkanes) is 57. The Morgan fingerprint density at radius 3 is 0.312 bits per heavy atom. The van der Waals surface area contributed by atoms with E-state index in [1.54, 1.807) is 0 Å². The summed E-state index contributed by atoms with van der Waals surface area (Å²) < 4.78 is 0. The van der Waals surface area contributed by atoms with Crippen LogP contribution in [0.1, 0.15) is 631 Å². The molecular weight excluding hydrogens is 1310 g/mol. The molecule has 0 spiro atoms. The first-order valence-electron chi connectivity index (χ1n) is 51.5. The van der Waals surface area contributed by atoms with Crippen LogP contribution in [0.15, 0.2) is 48.5 Å². The van der Waals surface area contributed by atoms with E-state index < -0.39 is 0 Å². The number of benzene rings is 2. The Morgan fingerprint density at radius 1 is 0.110 bits per heavy atom. The average molecular weight is 1540 g/mol. The fourth-order valence-corrected chi connectivity index (χ4v) is 12.2. The second-order valence-corrected chi connectivity index (χ2v) is 32.7. The predicted octanol–water partition coefficient (Wildman–Crippen LogP) is 42.9. The maximum Gasteiger partial charge on any atom is -0.0281 e. The molecule has 0 bridgehead atoms. The zero-order valence-corrected chi connectivity index (χ0v) is 82.2. The highest BCUT2D eigenvalue weighted by atomic mass is 14.0. The SMILES string of the molecule is CCCC.CCCCC.CCCCCC.CCCCCCC.CCCCCCCC.CCCCCCCCC.CCCCCCCCCC.CCCCCCCCCCC.CCCCCCCCCCCC.CCCCCCCCCCCCCCC.CCCc1ccc(C)cc1.CCCc1ccc(CCC)cc1. The Labute approximate surface area is 701 Å². The van der Waals surface area contributed by atoms with Crippen molar-refractivity contribution in [3.05, 3.63) is 70.8 Å². The van der Waals surface area contributed by atoms with Crippen molar-refractivity contribution in [2.75, 3.05) is 0 Å². The third-order valence-corrected chi connectivity index (χ3v) is 20.1. The quantitative estimate of drug-likeness (QED) is 0.0579. The molecule has 0 radical (unpaired) electrons. The summed E-state index contributed by atoms with van der Waals surface area (Å²) in [6, 6.07) is 17.8. The number of hydrogen-bond acceptors (Lipinski definition) is 0. The standard InChI is InChI=1S/C15H32.C12H18.C12H26.C11H24.C10H14.C10H22.C9H20.C8H18.C7H16.C6H14.C5H12.C4H10/c1-3-5-7-9-11-13-15-14-12-10-8-6-4-2;1-3-5-11-7-9-12(6-4-2)10-8-11;1-3-5-7-9-11-12-10-8-6-4-2;1-3-5-7-9-11-10-8-6-4-2;1-3-4-10-7-5-9(2)6-8-10;1-3-5-7-9-10-8-6-4-2;1-3-5-7-9-8-6-4-2;1-3-5-7-8-6-4-2;1-3-5-7-6-4-2;1-3-5-6-4-2;1-3-5-4-2;1-3-4-2/h3-15H2,1-2H3;7-10H,3-6H2,1-2H3;3-12H2,1-2H3;3-11H2,1-2H3;5-8H,3-4H2,1-2H3;3-10H2,1-2H3;3-9H2,1-2H3;3-8H2,1-2H3;3-7H2,1-2H3;3-6H2,1-2H3;3-5H2,1-2H3;3-4H2,1-2H3. The maximum absolute atomic E-state index is 2.29. The van der Waals surface area contributed by atoms with E-state index in [2.05, 4.69) is 215 Å². The summed E-state index contributed by atoms with van der Waals surface area (Å²) in [6.07, 6.45) is 103. The van der Waals surface area contributed by atoms with Crippen LogP contribution in [0.4, 0.5) is 0 Å². The predicted molar refractivity (Wildman–Crippen MR) is 522 cm³/mol. The third kappa shape index (κ3) is 163. The molecule has 0 saturated heterocycles. The summed E-state index contributed by atoms with van der Waals surface area (Å²) in [4.78, 5) is 0. The zero-order valence-electron chi connectivity index (χ0n) is 82.2. The summed E-state index contributed by atoms with van der Waals surface area (Å²) in [5.41, 5.74) is 5.74. The first kappa shape index (κ1) is 128. The van der Waals surface area contributed by atoms with Crippen molar-refractivity contribution in [1.82, 2.24) is 0 Å². The van der Waals surface area contributed by atoms with E-state index in [0.29, 0.717) is 0 Å². The molecule has 0 aromatic heterocycles. The van der Waals surface area contributed by atoms with Gasteiger partial charge in [-0.25, -0.2) is 0 Å². The second kappa shape index (κ2) is 142. The molecule has 0 unspecified atom stereocenters. The van der Waals surface area contributed by atoms with E-state index in [9.17, 15) is 0 Å². The molecule has 662 valence electrons. The molecule has 0 fully saturated rings. The molecule has 2 aromatic rings. The van der Waals surface area contributed by atoms with Crippen molar-refractivity contribution < 1.29 is 0 Å². The molecule has 0 aliphatic carbocycles. The lowest BCUT2D eigenvalue weighted by Crippen LogP contribution is -1.85. The zero-order chi connectivity index (χ0) is 83.6. The molecule has 0 heteroatoms. The lowest BCUT2D eigenvalue weighted by Gasteiger charge is -2.01. The third-order valence-electron chi connectivity index (χ3n) is 20.1. The van der Waals surface area contributed by atoms with Gasteiger partial charge in [0.25, 0.3) is 0 Å². The van der Waals surface area contributed by atoms with Gasteiger partial charge in [0.15, 0.2) is 0 Å². The molecule has 0 N–H and O–H groups in total. The van der Waals surface area contributed by atoms with E-state index in [1.165, 1.54) is 491 Å². The smallest absolute Gasteiger partial charge is 0.0281 e. The van der Waals surface area contributed by atoms with Crippen LogP contribution in [-0.4, -0.2) is 0 Å². The Hall–Kier alpha value is -1.56. The minimum absolute atomic E-state index is 1.21. The van der Waals surface area contributed by atoms with Crippen molar-refractivity contribution in [3.63, 3.8) is 0 Å². The second-order valence-electron chi connectivity index (χ2n) is 32.7. The highest BCUT2D eigenvalue weighted by Crippen LogP contribution is 2.16. The molecular formula is C109H226. The van der Waals surface area contributed by atoms with Crippen LogP contribution in [0.25, 0.3) is 0 Å². The van der Waals surface area contributed by atoms with Crippen LogP contribution in [-0.2, 0) is 19.3 Å². The Kier molecular flexibility index (Phi) is 166. The molecule has 0 amide bonds. The van der Waals surface area contributed by atoms with Gasteiger partial charge >= 0.3 is 0 Å². The van der Waals surface area contributed by atoms with Gasteiger partial charge in [0.1, 0.15) is 0 Å². The van der Waals surface area contributed by atoms with Crippen LogP contribution in [0.5, 0.6) is 0 Å². The van der Waals surface area contributed by atoms with Crippen molar-refractivity contribution in [1.29, 1.82) is 0 Å². The fraction of sp³-hybridized carbons (Fsp3) is 0.890. The summed E-state index contributed by atoms with van der Waals surface area (Å²) in [7, 11) is 0. The topological polar surface area (TPSA) is 0 Å². The number of hydrogen-bond donors (Lipinski definition) is 0. The number of aryl methyl sites for hydroxylation is 4. The van der Waals surface area contributed by atoms with Crippen LogP contribution in [0, 0.1) is 6.92 Å². The normalized spacial score (nSPS) is 9.94. The summed E-state index contributed by atoms with van der Waals surface area (Å²) in [6.45, 7) is 53.8. The first-order valence-corrected chi connectivity index (χ1v) is 51.5. The Bertz CT molecular complexity index is 1450. The van der Waals surface area contributed by atoms with Gasteiger partial charge in [-0.1, -0.05) is 663 Å². The number of rotatable bonds is 63. The molecule has 109 heavy (non-hydrogen) atoms. The largest absolute Gasteiger partial charge is 0.0654 e. The van der Waals surface area contributed by atoms with E-state index in [4.69, 9.17) is 0 Å². The highest BCUT2D eigenvalue weighted by Gasteiger charge is 1.97. The molecule has 2 rings (SSSR count).